The molecule has 0 aromatic rings. The van der Waals surface area contributed by atoms with Crippen molar-refractivity contribution in [3.05, 3.63) is 0 Å². The number of carboxylic acids is 1. The Kier molecular flexibility index (Phi) is 2.43. The van der Waals surface area contributed by atoms with Gasteiger partial charge in [-0.25, -0.2) is 10.0 Å². The lowest BCUT2D eigenvalue weighted by Crippen LogP contribution is -2.49. The molecule has 1 aliphatic carbocycles. The lowest BCUT2D eigenvalue weighted by molar-refractivity contribution is -0.142. The third-order valence-corrected chi connectivity index (χ3v) is 7.47. The fraction of sp³-hybridized carbons (Fsp3) is 0.889. The molecule has 0 spiro atoms. The average Bonchev–Trinajstić information content (AvgIpc) is 1.83. The van der Waals surface area contributed by atoms with Gasteiger partial charge in [-0.3, -0.25) is 4.79 Å². The van der Waals surface area contributed by atoms with Crippen LogP contribution in [0.15, 0.2) is 0 Å². The van der Waals surface area contributed by atoms with Gasteiger partial charge in [-0.2, -0.15) is 0 Å². The number of aliphatic carboxylic acids is 1. The maximum Gasteiger partial charge on any atom is 0.318 e. The predicted octanol–water partition coefficient (Wildman–Crippen LogP) is 2.08. The van der Waals surface area contributed by atoms with Crippen LogP contribution in [0.4, 0.5) is 0 Å². The highest BCUT2D eigenvalue weighted by Crippen LogP contribution is 2.62. The van der Waals surface area contributed by atoms with Crippen LogP contribution in [0.5, 0.6) is 0 Å². The third kappa shape index (κ3) is 1.15. The second-order valence-electron chi connectivity index (χ2n) is 3.98. The smallest absolute Gasteiger partial charge is 0.318 e. The highest BCUT2D eigenvalue weighted by molar-refractivity contribution is 8.34. The van der Waals surface area contributed by atoms with Crippen LogP contribution >= 0.6 is 10.0 Å². The molecule has 1 rings (SSSR count). The van der Waals surface area contributed by atoms with Gasteiger partial charge in [0.15, 0.2) is 0 Å². The van der Waals surface area contributed by atoms with Crippen molar-refractivity contribution in [2.75, 3.05) is 18.3 Å². The van der Waals surface area contributed by atoms with Gasteiger partial charge in [0.05, 0.1) is 4.75 Å². The second-order valence-corrected chi connectivity index (χ2v) is 8.42. The van der Waals surface area contributed by atoms with Crippen molar-refractivity contribution in [3.63, 3.8) is 0 Å². The Hall–Kier alpha value is -0.180. The van der Waals surface area contributed by atoms with Gasteiger partial charge in [-0.1, -0.05) is 6.92 Å². The zero-order valence-electron chi connectivity index (χ0n) is 8.09. The van der Waals surface area contributed by atoms with Gasteiger partial charge >= 0.3 is 5.97 Å². The highest BCUT2D eigenvalue weighted by Gasteiger charge is 2.51. The maximum atomic E-state index is 11.1. The number of carboxylic acid groups (broad SMARTS) is 1. The van der Waals surface area contributed by atoms with Gasteiger partial charge < -0.3 is 5.11 Å². The maximum absolute atomic E-state index is 11.1. The Morgan fingerprint density at radius 1 is 1.50 bits per heavy atom. The normalized spacial score (nSPS) is 22.9. The molecule has 1 aliphatic rings. The Labute approximate surface area is 75.7 Å². The van der Waals surface area contributed by atoms with Crippen LogP contribution in [0.25, 0.3) is 0 Å². The summed E-state index contributed by atoms with van der Waals surface area (Å²) in [4.78, 5) is 11.1. The van der Waals surface area contributed by atoms with E-state index in [0.29, 0.717) is 0 Å². The van der Waals surface area contributed by atoms with Crippen molar-refractivity contribution < 1.29 is 9.90 Å². The van der Waals surface area contributed by atoms with Crippen LogP contribution < -0.4 is 0 Å². The first-order valence-electron chi connectivity index (χ1n) is 4.40. The summed E-state index contributed by atoms with van der Waals surface area (Å²) >= 11 is 0. The van der Waals surface area contributed by atoms with E-state index in [1.807, 2.05) is 0 Å². The first-order chi connectivity index (χ1) is 5.46. The molecule has 2 nitrogen and oxygen atoms in total. The van der Waals surface area contributed by atoms with E-state index in [1.54, 1.807) is 0 Å². The van der Waals surface area contributed by atoms with E-state index < -0.39 is 16.0 Å². The molecular formula is C9H18O2S. The Bertz CT molecular complexity index is 195. The summed E-state index contributed by atoms with van der Waals surface area (Å²) in [7, 11) is -0.922. The van der Waals surface area contributed by atoms with Crippen LogP contribution in [0.3, 0.4) is 0 Å². The van der Waals surface area contributed by atoms with Crippen LogP contribution in [0.2, 0.25) is 0 Å². The largest absolute Gasteiger partial charge is 0.480 e. The van der Waals surface area contributed by atoms with E-state index in [2.05, 4.69) is 19.4 Å². The van der Waals surface area contributed by atoms with E-state index in [-0.39, 0.29) is 4.75 Å². The lowest BCUT2D eigenvalue weighted by atomic mass is 9.84. The quantitative estimate of drug-likeness (QED) is 0.739. The van der Waals surface area contributed by atoms with E-state index in [0.717, 1.165) is 25.0 Å². The molecule has 3 heteroatoms. The molecule has 0 atom stereocenters. The van der Waals surface area contributed by atoms with Crippen molar-refractivity contribution in [3.8, 4) is 0 Å². The second kappa shape index (κ2) is 2.95. The number of rotatable bonds is 3. The number of hydrogen-bond donors (Lipinski definition) is 1. The molecule has 0 heterocycles. The highest BCUT2D eigenvalue weighted by atomic mass is 32.3. The van der Waals surface area contributed by atoms with Crippen molar-refractivity contribution in [2.45, 2.75) is 30.9 Å². The van der Waals surface area contributed by atoms with Crippen molar-refractivity contribution in [2.24, 2.45) is 0 Å². The first-order valence-corrected chi connectivity index (χ1v) is 7.02. The molecule has 0 saturated heterocycles. The number of hydrogen-bond acceptors (Lipinski definition) is 1. The van der Waals surface area contributed by atoms with Crippen molar-refractivity contribution in [1.29, 1.82) is 0 Å². The fourth-order valence-corrected chi connectivity index (χ4v) is 4.20. The molecule has 72 valence electrons. The summed E-state index contributed by atoms with van der Waals surface area (Å²) in [5.74, 6) is 0.467. The van der Waals surface area contributed by atoms with Crippen molar-refractivity contribution >= 4 is 16.0 Å². The fourth-order valence-electron chi connectivity index (χ4n) is 1.78. The summed E-state index contributed by atoms with van der Waals surface area (Å²) in [5.41, 5.74) is 0. The van der Waals surface area contributed by atoms with Crippen LogP contribution in [-0.2, 0) is 4.79 Å². The molecule has 1 saturated carbocycles. The van der Waals surface area contributed by atoms with E-state index in [9.17, 15) is 9.90 Å². The topological polar surface area (TPSA) is 37.3 Å². The molecule has 0 aromatic heterocycles. The summed E-state index contributed by atoms with van der Waals surface area (Å²) in [6, 6.07) is 0. The van der Waals surface area contributed by atoms with Crippen molar-refractivity contribution in [1.82, 2.24) is 0 Å². The zero-order chi connectivity index (χ0) is 9.41. The average molecular weight is 190 g/mol. The SMILES string of the molecule is CCS(C)(C)C1(C(=O)O)CCC1. The third-order valence-electron chi connectivity index (χ3n) is 3.33. The molecule has 0 unspecified atom stereocenters. The zero-order valence-corrected chi connectivity index (χ0v) is 8.91. The van der Waals surface area contributed by atoms with Gasteiger partial charge in [0.2, 0.25) is 0 Å². The molecule has 0 bridgehead atoms. The Balaban J connectivity index is 2.87. The summed E-state index contributed by atoms with van der Waals surface area (Å²) < 4.78 is -0.332. The van der Waals surface area contributed by atoms with Crippen LogP contribution in [-0.4, -0.2) is 34.1 Å². The van der Waals surface area contributed by atoms with Crippen LogP contribution in [0, 0.1) is 0 Å². The molecule has 0 amide bonds. The molecule has 1 N–H and O–H groups in total. The lowest BCUT2D eigenvalue weighted by Gasteiger charge is -2.53. The number of carbonyl (C=O) groups is 1. The summed E-state index contributed by atoms with van der Waals surface area (Å²) in [6.45, 7) is 2.11. The minimum atomic E-state index is -0.922. The predicted molar refractivity (Wildman–Crippen MR) is 54.2 cm³/mol. The summed E-state index contributed by atoms with van der Waals surface area (Å²) in [5, 5.41) is 9.17. The minimum absolute atomic E-state index is 0.332. The van der Waals surface area contributed by atoms with E-state index in [4.69, 9.17) is 0 Å². The van der Waals surface area contributed by atoms with Gasteiger partial charge in [-0.15, -0.1) is 0 Å². The molecule has 1 fully saturated rings. The molecule has 0 radical (unpaired) electrons. The molecule has 0 aromatic carbocycles. The standard InChI is InChI=1S/C9H18O2S/c1-4-12(2,3)9(8(10)11)6-5-7-9/h4-7H2,1-3H3,(H,10,11). The van der Waals surface area contributed by atoms with E-state index >= 15 is 0 Å². The molecule has 12 heavy (non-hydrogen) atoms. The van der Waals surface area contributed by atoms with Crippen LogP contribution in [0.1, 0.15) is 26.2 Å². The van der Waals surface area contributed by atoms with Gasteiger partial charge in [0, 0.05) is 0 Å². The first kappa shape index (κ1) is 9.90. The minimum Gasteiger partial charge on any atom is -0.480 e. The monoisotopic (exact) mass is 190 g/mol. The Morgan fingerprint density at radius 3 is 2.08 bits per heavy atom. The Morgan fingerprint density at radius 2 is 2.00 bits per heavy atom. The van der Waals surface area contributed by atoms with E-state index in [1.165, 1.54) is 0 Å². The van der Waals surface area contributed by atoms with Gasteiger partial charge in [-0.05, 0) is 37.5 Å². The van der Waals surface area contributed by atoms with Gasteiger partial charge in [0.25, 0.3) is 0 Å². The summed E-state index contributed by atoms with van der Waals surface area (Å²) in [6.07, 6.45) is 7.21. The van der Waals surface area contributed by atoms with Gasteiger partial charge in [0.1, 0.15) is 0 Å². The molecular weight excluding hydrogens is 172 g/mol. The molecule has 0 aliphatic heterocycles.